The Balaban J connectivity index is 1.98. The SMILES string of the molecule is Cc1[nH]ncc1CNC(=O)Cn1[nH]c(=O)ccc1=O. The van der Waals surface area contributed by atoms with E-state index in [4.69, 9.17) is 0 Å². The minimum Gasteiger partial charge on any atom is -0.350 e. The van der Waals surface area contributed by atoms with Gasteiger partial charge in [0, 0.05) is 29.9 Å². The molecule has 0 unspecified atom stereocenters. The van der Waals surface area contributed by atoms with Gasteiger partial charge in [0.2, 0.25) is 5.91 Å². The fourth-order valence-electron chi connectivity index (χ4n) is 1.53. The Labute approximate surface area is 107 Å². The van der Waals surface area contributed by atoms with Gasteiger partial charge < -0.3 is 5.32 Å². The van der Waals surface area contributed by atoms with E-state index in [-0.39, 0.29) is 12.5 Å². The normalized spacial score (nSPS) is 10.4. The number of aromatic amines is 2. The van der Waals surface area contributed by atoms with Gasteiger partial charge in [-0.25, -0.2) is 4.68 Å². The van der Waals surface area contributed by atoms with Crippen LogP contribution in [0.4, 0.5) is 0 Å². The van der Waals surface area contributed by atoms with E-state index in [2.05, 4.69) is 20.6 Å². The molecule has 0 atom stereocenters. The Hall–Kier alpha value is -2.64. The third-order valence-electron chi connectivity index (χ3n) is 2.60. The van der Waals surface area contributed by atoms with E-state index in [1.165, 1.54) is 0 Å². The number of rotatable bonds is 4. The molecular formula is C11H13N5O3. The lowest BCUT2D eigenvalue weighted by Crippen LogP contribution is -2.35. The lowest BCUT2D eigenvalue weighted by molar-refractivity contribution is -0.122. The van der Waals surface area contributed by atoms with Gasteiger partial charge in [0.1, 0.15) is 6.54 Å². The van der Waals surface area contributed by atoms with E-state index in [1.807, 2.05) is 6.92 Å². The standard InChI is InChI=1S/C11H13N5O3/c1-7-8(5-13-14-7)4-12-10(18)6-16-11(19)3-2-9(17)15-16/h2-3,5H,4,6H2,1H3,(H,12,18)(H,13,14)(H,15,17). The van der Waals surface area contributed by atoms with Crippen molar-refractivity contribution in [2.75, 3.05) is 0 Å². The van der Waals surface area contributed by atoms with Crippen molar-refractivity contribution >= 4 is 5.91 Å². The summed E-state index contributed by atoms with van der Waals surface area (Å²) in [6, 6.07) is 2.23. The van der Waals surface area contributed by atoms with Crippen molar-refractivity contribution in [2.24, 2.45) is 0 Å². The van der Waals surface area contributed by atoms with E-state index in [0.717, 1.165) is 28.1 Å². The molecule has 0 radical (unpaired) electrons. The molecule has 2 rings (SSSR count). The molecule has 2 heterocycles. The Morgan fingerprint density at radius 2 is 2.21 bits per heavy atom. The van der Waals surface area contributed by atoms with Gasteiger partial charge in [-0.3, -0.25) is 24.6 Å². The second-order valence-electron chi connectivity index (χ2n) is 4.03. The van der Waals surface area contributed by atoms with E-state index in [1.54, 1.807) is 6.20 Å². The summed E-state index contributed by atoms with van der Waals surface area (Å²) < 4.78 is 0.958. The molecule has 2 aromatic heterocycles. The lowest BCUT2D eigenvalue weighted by Gasteiger charge is -2.06. The molecule has 0 bridgehead atoms. The largest absolute Gasteiger partial charge is 0.350 e. The summed E-state index contributed by atoms with van der Waals surface area (Å²) in [5, 5.41) is 11.5. The Kier molecular flexibility index (Phi) is 3.60. The van der Waals surface area contributed by atoms with Crippen molar-refractivity contribution in [3.05, 3.63) is 50.3 Å². The summed E-state index contributed by atoms with van der Waals surface area (Å²) in [5.74, 6) is -0.371. The zero-order valence-electron chi connectivity index (χ0n) is 10.3. The number of hydrogen-bond acceptors (Lipinski definition) is 4. The summed E-state index contributed by atoms with van der Waals surface area (Å²) >= 11 is 0. The van der Waals surface area contributed by atoms with Crippen LogP contribution in [-0.2, 0) is 17.9 Å². The summed E-state index contributed by atoms with van der Waals surface area (Å²) in [7, 11) is 0. The Morgan fingerprint density at radius 3 is 2.89 bits per heavy atom. The van der Waals surface area contributed by atoms with Gasteiger partial charge >= 0.3 is 0 Å². The number of amides is 1. The van der Waals surface area contributed by atoms with Gasteiger partial charge in [-0.1, -0.05) is 0 Å². The molecule has 0 aliphatic rings. The average Bonchev–Trinajstić information content (AvgIpc) is 2.77. The number of H-pyrrole nitrogens is 2. The number of nitrogens with one attached hydrogen (secondary N) is 3. The van der Waals surface area contributed by atoms with Crippen LogP contribution in [-0.4, -0.2) is 25.9 Å². The molecule has 0 aliphatic carbocycles. The van der Waals surface area contributed by atoms with E-state index < -0.39 is 11.1 Å². The van der Waals surface area contributed by atoms with Crippen LogP contribution in [0.15, 0.2) is 27.9 Å². The summed E-state index contributed by atoms with van der Waals surface area (Å²) in [5.41, 5.74) is 0.861. The molecule has 2 aromatic rings. The van der Waals surface area contributed by atoms with Crippen LogP contribution in [0, 0.1) is 6.92 Å². The number of carbonyl (C=O) groups excluding carboxylic acids is 1. The molecule has 0 saturated carbocycles. The number of carbonyl (C=O) groups is 1. The van der Waals surface area contributed by atoms with E-state index >= 15 is 0 Å². The highest BCUT2D eigenvalue weighted by Crippen LogP contribution is 2.00. The topological polar surface area (TPSA) is 113 Å². The Morgan fingerprint density at radius 1 is 1.42 bits per heavy atom. The van der Waals surface area contributed by atoms with Crippen LogP contribution in [0.1, 0.15) is 11.3 Å². The highest BCUT2D eigenvalue weighted by atomic mass is 16.2. The number of nitrogens with zero attached hydrogens (tertiary/aromatic N) is 2. The van der Waals surface area contributed by atoms with Crippen LogP contribution < -0.4 is 16.4 Å². The zero-order valence-corrected chi connectivity index (χ0v) is 10.3. The summed E-state index contributed by atoms with van der Waals surface area (Å²) in [6.45, 7) is 1.92. The predicted molar refractivity (Wildman–Crippen MR) is 66.5 cm³/mol. The monoisotopic (exact) mass is 263 g/mol. The maximum absolute atomic E-state index is 11.7. The molecular weight excluding hydrogens is 250 g/mol. The predicted octanol–water partition coefficient (Wildman–Crippen LogP) is -1.12. The molecule has 8 heteroatoms. The first-order chi connectivity index (χ1) is 9.06. The maximum Gasteiger partial charge on any atom is 0.265 e. The molecule has 0 saturated heterocycles. The molecule has 0 spiro atoms. The smallest absolute Gasteiger partial charge is 0.265 e. The van der Waals surface area contributed by atoms with Crippen molar-refractivity contribution in [3.8, 4) is 0 Å². The third kappa shape index (κ3) is 3.18. The van der Waals surface area contributed by atoms with Gasteiger partial charge in [0.15, 0.2) is 0 Å². The van der Waals surface area contributed by atoms with E-state index in [9.17, 15) is 14.4 Å². The molecule has 0 aromatic carbocycles. The van der Waals surface area contributed by atoms with E-state index in [0.29, 0.717) is 6.54 Å². The van der Waals surface area contributed by atoms with Crippen molar-refractivity contribution in [3.63, 3.8) is 0 Å². The average molecular weight is 263 g/mol. The minimum atomic E-state index is -0.436. The molecule has 3 N–H and O–H groups in total. The van der Waals surface area contributed by atoms with Gasteiger partial charge in [-0.2, -0.15) is 5.10 Å². The molecule has 0 aliphatic heterocycles. The van der Waals surface area contributed by atoms with Gasteiger partial charge in [-0.05, 0) is 6.92 Å². The number of aromatic nitrogens is 4. The number of hydrogen-bond donors (Lipinski definition) is 3. The molecule has 0 fully saturated rings. The molecule has 8 nitrogen and oxygen atoms in total. The first kappa shape index (κ1) is 12.8. The van der Waals surface area contributed by atoms with Crippen molar-refractivity contribution in [2.45, 2.75) is 20.0 Å². The molecule has 1 amide bonds. The summed E-state index contributed by atoms with van der Waals surface area (Å²) in [4.78, 5) is 34.1. The fourth-order valence-corrected chi connectivity index (χ4v) is 1.53. The highest BCUT2D eigenvalue weighted by Gasteiger charge is 2.06. The molecule has 19 heavy (non-hydrogen) atoms. The van der Waals surface area contributed by atoms with Gasteiger partial charge in [0.05, 0.1) is 6.20 Å². The zero-order chi connectivity index (χ0) is 13.8. The Bertz CT molecular complexity index is 697. The third-order valence-corrected chi connectivity index (χ3v) is 2.60. The highest BCUT2D eigenvalue weighted by molar-refractivity contribution is 5.75. The second kappa shape index (κ2) is 5.34. The van der Waals surface area contributed by atoms with Crippen LogP contribution in [0.3, 0.4) is 0 Å². The first-order valence-corrected chi connectivity index (χ1v) is 5.62. The van der Waals surface area contributed by atoms with Crippen molar-refractivity contribution in [1.29, 1.82) is 0 Å². The fraction of sp³-hybridized carbons (Fsp3) is 0.273. The molecule has 100 valence electrons. The van der Waals surface area contributed by atoms with Crippen molar-refractivity contribution in [1.82, 2.24) is 25.3 Å². The van der Waals surface area contributed by atoms with Crippen LogP contribution in [0.25, 0.3) is 0 Å². The maximum atomic E-state index is 11.7. The van der Waals surface area contributed by atoms with Gasteiger partial charge in [0.25, 0.3) is 11.1 Å². The number of aryl methyl sites for hydroxylation is 1. The van der Waals surface area contributed by atoms with Crippen molar-refractivity contribution < 1.29 is 4.79 Å². The van der Waals surface area contributed by atoms with Crippen LogP contribution in [0.2, 0.25) is 0 Å². The summed E-state index contributed by atoms with van der Waals surface area (Å²) in [6.07, 6.45) is 1.62. The van der Waals surface area contributed by atoms with Crippen LogP contribution >= 0.6 is 0 Å². The van der Waals surface area contributed by atoms with Crippen LogP contribution in [0.5, 0.6) is 0 Å². The quantitative estimate of drug-likeness (QED) is 0.648. The minimum absolute atomic E-state index is 0.230. The second-order valence-corrected chi connectivity index (χ2v) is 4.03. The van der Waals surface area contributed by atoms with Gasteiger partial charge in [-0.15, -0.1) is 0 Å². The first-order valence-electron chi connectivity index (χ1n) is 5.62. The lowest BCUT2D eigenvalue weighted by atomic mass is 10.2.